The van der Waals surface area contributed by atoms with Crippen LogP contribution in [-0.4, -0.2) is 56.7 Å². The number of anilines is 3. The molecule has 2 aromatic rings. The standard InChI is InChI=1S/C17H26N6.C4H4O4/c1-3-12-23(13-4-2)17-21-15(18)20-16(22-17)19-11-10-14-8-6-5-7-9-14;5-3(6)1-2-4(7)8/h5-9H,3-4,10-13H2,1-2H3,(H3,18,19,20,21,22);1-2H,(H,5,6)(H,7,8)/b;2-1-. The number of nitrogen functional groups attached to an aromatic ring is 1. The number of hydrogen-bond acceptors (Lipinski definition) is 8. The molecule has 0 aliphatic carbocycles. The van der Waals surface area contributed by atoms with Gasteiger partial charge in [0, 0.05) is 31.8 Å². The van der Waals surface area contributed by atoms with Crippen molar-refractivity contribution in [2.24, 2.45) is 0 Å². The monoisotopic (exact) mass is 430 g/mol. The lowest BCUT2D eigenvalue weighted by Crippen LogP contribution is -2.28. The first kappa shape index (κ1) is 25.3. The van der Waals surface area contributed by atoms with E-state index in [-0.39, 0.29) is 5.95 Å². The second kappa shape index (κ2) is 14.3. The van der Waals surface area contributed by atoms with Crippen molar-refractivity contribution in [3.63, 3.8) is 0 Å². The normalized spacial score (nSPS) is 10.3. The lowest BCUT2D eigenvalue weighted by molar-refractivity contribution is -0.134. The molecule has 0 saturated heterocycles. The third-order valence-electron chi connectivity index (χ3n) is 3.82. The molecule has 0 saturated carbocycles. The minimum absolute atomic E-state index is 0.259. The summed E-state index contributed by atoms with van der Waals surface area (Å²) < 4.78 is 0. The van der Waals surface area contributed by atoms with Crippen molar-refractivity contribution in [2.75, 3.05) is 35.6 Å². The number of carbonyl (C=O) groups is 2. The molecule has 10 nitrogen and oxygen atoms in total. The molecule has 31 heavy (non-hydrogen) atoms. The molecule has 0 bridgehead atoms. The molecule has 1 aromatic heterocycles. The van der Waals surface area contributed by atoms with Gasteiger partial charge in [0.25, 0.3) is 0 Å². The number of aromatic nitrogens is 3. The van der Waals surface area contributed by atoms with Crippen molar-refractivity contribution in [1.82, 2.24) is 15.0 Å². The topological polar surface area (TPSA) is 155 Å². The molecule has 5 N–H and O–H groups in total. The van der Waals surface area contributed by atoms with Gasteiger partial charge in [-0.1, -0.05) is 44.2 Å². The van der Waals surface area contributed by atoms with E-state index in [4.69, 9.17) is 15.9 Å². The van der Waals surface area contributed by atoms with Gasteiger partial charge in [-0.15, -0.1) is 0 Å². The van der Waals surface area contributed by atoms with Gasteiger partial charge < -0.3 is 26.2 Å². The Morgan fingerprint density at radius 3 is 2.10 bits per heavy atom. The Bertz CT molecular complexity index is 823. The van der Waals surface area contributed by atoms with Gasteiger partial charge >= 0.3 is 11.9 Å². The highest BCUT2D eigenvalue weighted by molar-refractivity contribution is 5.89. The smallest absolute Gasteiger partial charge is 0.328 e. The first-order chi connectivity index (χ1) is 14.8. The van der Waals surface area contributed by atoms with E-state index in [1.54, 1.807) is 0 Å². The molecule has 0 unspecified atom stereocenters. The number of nitrogens with one attached hydrogen (secondary N) is 1. The van der Waals surface area contributed by atoms with Gasteiger partial charge in [0.05, 0.1) is 0 Å². The Morgan fingerprint density at radius 1 is 1.00 bits per heavy atom. The van der Waals surface area contributed by atoms with E-state index in [1.807, 2.05) is 18.2 Å². The van der Waals surface area contributed by atoms with Crippen molar-refractivity contribution in [3.05, 3.63) is 48.0 Å². The molecule has 0 spiro atoms. The third kappa shape index (κ3) is 11.2. The Morgan fingerprint density at radius 2 is 1.58 bits per heavy atom. The summed E-state index contributed by atoms with van der Waals surface area (Å²) in [5, 5.41) is 18.9. The van der Waals surface area contributed by atoms with Crippen LogP contribution in [0.3, 0.4) is 0 Å². The largest absolute Gasteiger partial charge is 0.478 e. The molecule has 0 atom stereocenters. The first-order valence-corrected chi connectivity index (χ1v) is 10.0. The average molecular weight is 431 g/mol. The van der Waals surface area contributed by atoms with Gasteiger partial charge in [-0.3, -0.25) is 0 Å². The number of nitrogens with zero attached hydrogens (tertiary/aromatic N) is 4. The van der Waals surface area contributed by atoms with Gasteiger partial charge in [0.2, 0.25) is 17.8 Å². The Labute approximate surface area is 181 Å². The van der Waals surface area contributed by atoms with Crippen LogP contribution in [0.25, 0.3) is 0 Å². The van der Waals surface area contributed by atoms with Crippen LogP contribution < -0.4 is 16.0 Å². The first-order valence-electron chi connectivity index (χ1n) is 10.0. The predicted octanol–water partition coefficient (Wildman–Crippen LogP) is 2.45. The summed E-state index contributed by atoms with van der Waals surface area (Å²) in [5.74, 6) is -1.06. The molecule has 0 radical (unpaired) electrons. The van der Waals surface area contributed by atoms with Crippen LogP contribution in [0, 0.1) is 0 Å². The van der Waals surface area contributed by atoms with Crippen LogP contribution in [0.1, 0.15) is 32.3 Å². The maximum Gasteiger partial charge on any atom is 0.328 e. The summed E-state index contributed by atoms with van der Waals surface area (Å²) in [6.45, 7) is 6.88. The van der Waals surface area contributed by atoms with Crippen LogP contribution in [0.2, 0.25) is 0 Å². The summed E-state index contributed by atoms with van der Waals surface area (Å²) in [5.41, 5.74) is 7.12. The molecule has 1 heterocycles. The second-order valence-electron chi connectivity index (χ2n) is 6.48. The molecule has 0 amide bonds. The van der Waals surface area contributed by atoms with Gasteiger partial charge in [-0.2, -0.15) is 15.0 Å². The van der Waals surface area contributed by atoms with E-state index in [0.717, 1.165) is 38.9 Å². The Kier molecular flexibility index (Phi) is 11.7. The fourth-order valence-corrected chi connectivity index (χ4v) is 2.56. The molecule has 0 fully saturated rings. The lowest BCUT2D eigenvalue weighted by atomic mass is 10.1. The quantitative estimate of drug-likeness (QED) is 0.391. The van der Waals surface area contributed by atoms with Gasteiger partial charge in [-0.25, -0.2) is 9.59 Å². The van der Waals surface area contributed by atoms with Crippen molar-refractivity contribution < 1.29 is 19.8 Å². The number of rotatable bonds is 11. The lowest BCUT2D eigenvalue weighted by Gasteiger charge is -2.21. The zero-order valence-corrected chi connectivity index (χ0v) is 17.9. The molecule has 168 valence electrons. The summed E-state index contributed by atoms with van der Waals surface area (Å²) in [6.07, 6.45) is 4.12. The number of carboxylic acid groups (broad SMARTS) is 2. The second-order valence-corrected chi connectivity index (χ2v) is 6.48. The van der Waals surface area contributed by atoms with Crippen molar-refractivity contribution >= 4 is 29.8 Å². The molecule has 0 aliphatic rings. The molecule has 0 aliphatic heterocycles. The van der Waals surface area contributed by atoms with E-state index in [9.17, 15) is 9.59 Å². The van der Waals surface area contributed by atoms with Crippen LogP contribution in [0.5, 0.6) is 0 Å². The number of carboxylic acids is 2. The summed E-state index contributed by atoms with van der Waals surface area (Å²) >= 11 is 0. The zero-order chi connectivity index (χ0) is 23.1. The molecular weight excluding hydrogens is 400 g/mol. The van der Waals surface area contributed by atoms with E-state index in [2.05, 4.69) is 51.1 Å². The highest BCUT2D eigenvalue weighted by Gasteiger charge is 2.11. The van der Waals surface area contributed by atoms with E-state index in [0.29, 0.717) is 24.0 Å². The molecule has 2 rings (SSSR count). The summed E-state index contributed by atoms with van der Waals surface area (Å²) in [7, 11) is 0. The predicted molar refractivity (Wildman–Crippen MR) is 120 cm³/mol. The fraction of sp³-hybridized carbons (Fsp3) is 0.381. The van der Waals surface area contributed by atoms with E-state index in [1.165, 1.54) is 5.56 Å². The van der Waals surface area contributed by atoms with Gasteiger partial charge in [0.15, 0.2) is 0 Å². The van der Waals surface area contributed by atoms with Crippen LogP contribution in [0.15, 0.2) is 42.5 Å². The number of nitrogens with two attached hydrogens (primary N) is 1. The van der Waals surface area contributed by atoms with Crippen LogP contribution >= 0.6 is 0 Å². The zero-order valence-electron chi connectivity index (χ0n) is 17.9. The van der Waals surface area contributed by atoms with Crippen molar-refractivity contribution in [2.45, 2.75) is 33.1 Å². The maximum atomic E-state index is 9.55. The average Bonchev–Trinajstić information content (AvgIpc) is 2.73. The Balaban J connectivity index is 0.000000512. The molecule has 10 heteroatoms. The third-order valence-corrected chi connectivity index (χ3v) is 3.82. The molecular formula is C21H30N6O4. The van der Waals surface area contributed by atoms with E-state index >= 15 is 0 Å². The fourth-order valence-electron chi connectivity index (χ4n) is 2.56. The van der Waals surface area contributed by atoms with E-state index < -0.39 is 11.9 Å². The minimum atomic E-state index is -1.26. The minimum Gasteiger partial charge on any atom is -0.478 e. The number of hydrogen-bond donors (Lipinski definition) is 4. The highest BCUT2D eigenvalue weighted by Crippen LogP contribution is 2.13. The van der Waals surface area contributed by atoms with Crippen LogP contribution in [0.4, 0.5) is 17.8 Å². The number of benzene rings is 1. The maximum absolute atomic E-state index is 9.55. The van der Waals surface area contributed by atoms with Crippen molar-refractivity contribution in [1.29, 1.82) is 0 Å². The molecule has 1 aromatic carbocycles. The van der Waals surface area contributed by atoms with Crippen molar-refractivity contribution in [3.8, 4) is 0 Å². The van der Waals surface area contributed by atoms with Gasteiger partial charge in [-0.05, 0) is 24.8 Å². The summed E-state index contributed by atoms with van der Waals surface area (Å²) in [6, 6.07) is 10.3. The van der Waals surface area contributed by atoms with Crippen LogP contribution in [-0.2, 0) is 16.0 Å². The Hall–Kier alpha value is -3.69. The SMILES string of the molecule is CCCN(CCC)c1nc(N)nc(NCCc2ccccc2)n1.O=C(O)/C=C\C(=O)O. The highest BCUT2D eigenvalue weighted by atomic mass is 16.4. The number of aliphatic carboxylic acids is 2. The summed E-state index contributed by atoms with van der Waals surface area (Å²) in [4.78, 5) is 34.2. The van der Waals surface area contributed by atoms with Gasteiger partial charge in [0.1, 0.15) is 0 Å².